The number of rotatable bonds is 5. The Morgan fingerprint density at radius 1 is 1.32 bits per heavy atom. The van der Waals surface area contributed by atoms with E-state index in [1.807, 2.05) is 17.4 Å². The van der Waals surface area contributed by atoms with Gasteiger partial charge in [0.25, 0.3) is 0 Å². The van der Waals surface area contributed by atoms with Crippen molar-refractivity contribution in [3.8, 4) is 5.75 Å². The maximum absolute atomic E-state index is 6.01. The Balaban J connectivity index is 1.36. The Hall–Kier alpha value is -1.43. The van der Waals surface area contributed by atoms with Gasteiger partial charge in [0, 0.05) is 24.4 Å². The molecule has 0 bridgehead atoms. The van der Waals surface area contributed by atoms with Crippen LogP contribution in [0.5, 0.6) is 5.75 Å². The van der Waals surface area contributed by atoms with Crippen LogP contribution in [0.15, 0.2) is 24.3 Å². The standard InChI is InChI=1S/C20H26N2O2S/c1-23-16-6-4-5-15(11-16)12-17-13-22(9-10-24-17)14-20-21-18-7-2-3-8-19(18)25-20/h4-6,11,17H,2-3,7-10,12-14H2,1H3. The molecule has 1 unspecified atom stereocenters. The Labute approximate surface area is 153 Å². The molecule has 0 spiro atoms. The molecule has 1 atom stereocenters. The van der Waals surface area contributed by atoms with Crippen LogP contribution in [0.1, 0.15) is 34.0 Å². The van der Waals surface area contributed by atoms with Gasteiger partial charge < -0.3 is 9.47 Å². The van der Waals surface area contributed by atoms with Crippen LogP contribution >= 0.6 is 11.3 Å². The normalized spacial score (nSPS) is 21.1. The quantitative estimate of drug-likeness (QED) is 0.820. The molecule has 25 heavy (non-hydrogen) atoms. The highest BCUT2D eigenvalue weighted by atomic mass is 32.1. The SMILES string of the molecule is COc1cccc(CC2CN(Cc3nc4c(s3)CCCC4)CCO2)c1. The van der Waals surface area contributed by atoms with Crippen LogP contribution in [0.4, 0.5) is 0 Å². The molecule has 0 radical (unpaired) electrons. The van der Waals surface area contributed by atoms with Crippen LogP contribution in [-0.4, -0.2) is 42.8 Å². The topological polar surface area (TPSA) is 34.6 Å². The predicted octanol–water partition coefficient (Wildman–Crippen LogP) is 3.47. The highest BCUT2D eigenvalue weighted by Gasteiger charge is 2.23. The molecule has 0 amide bonds. The molecule has 1 aliphatic heterocycles. The lowest BCUT2D eigenvalue weighted by Gasteiger charge is -2.32. The van der Waals surface area contributed by atoms with E-state index in [9.17, 15) is 0 Å². The van der Waals surface area contributed by atoms with Crippen molar-refractivity contribution in [1.82, 2.24) is 9.88 Å². The van der Waals surface area contributed by atoms with Crippen LogP contribution < -0.4 is 4.74 Å². The summed E-state index contributed by atoms with van der Waals surface area (Å²) in [5.41, 5.74) is 2.64. The summed E-state index contributed by atoms with van der Waals surface area (Å²) in [6.07, 6.45) is 6.21. The first-order valence-electron chi connectivity index (χ1n) is 9.24. The van der Waals surface area contributed by atoms with Crippen LogP contribution in [0.25, 0.3) is 0 Å². The molecule has 1 aromatic heterocycles. The average Bonchev–Trinajstić information content (AvgIpc) is 3.04. The maximum atomic E-state index is 6.01. The van der Waals surface area contributed by atoms with Crippen LogP contribution in [-0.2, 0) is 30.5 Å². The third kappa shape index (κ3) is 4.22. The van der Waals surface area contributed by atoms with Crippen LogP contribution in [0.2, 0.25) is 0 Å². The number of hydrogen-bond acceptors (Lipinski definition) is 5. The minimum atomic E-state index is 0.246. The zero-order valence-corrected chi connectivity index (χ0v) is 15.7. The molecular formula is C20H26N2O2S. The fourth-order valence-electron chi connectivity index (χ4n) is 3.77. The molecule has 4 rings (SSSR count). The third-order valence-electron chi connectivity index (χ3n) is 5.07. The number of benzene rings is 1. The second kappa shape index (κ2) is 7.85. The van der Waals surface area contributed by atoms with Crippen molar-refractivity contribution in [3.05, 3.63) is 45.4 Å². The summed E-state index contributed by atoms with van der Waals surface area (Å²) in [5.74, 6) is 0.915. The molecule has 1 fully saturated rings. The van der Waals surface area contributed by atoms with Gasteiger partial charge in [-0.3, -0.25) is 4.90 Å². The van der Waals surface area contributed by atoms with Crippen LogP contribution in [0.3, 0.4) is 0 Å². The lowest BCUT2D eigenvalue weighted by molar-refractivity contribution is -0.0305. The van der Waals surface area contributed by atoms with E-state index in [0.717, 1.165) is 38.4 Å². The average molecular weight is 359 g/mol. The van der Waals surface area contributed by atoms with Gasteiger partial charge in [0.15, 0.2) is 0 Å². The Bertz CT molecular complexity index is 692. The first-order chi connectivity index (χ1) is 12.3. The van der Waals surface area contributed by atoms with Gasteiger partial charge in [0.05, 0.1) is 32.1 Å². The molecule has 2 aliphatic rings. The molecule has 134 valence electrons. The van der Waals surface area contributed by atoms with E-state index in [4.69, 9.17) is 14.5 Å². The lowest BCUT2D eigenvalue weighted by atomic mass is 10.0. The number of methoxy groups -OCH3 is 1. The summed E-state index contributed by atoms with van der Waals surface area (Å²) < 4.78 is 11.3. The monoisotopic (exact) mass is 358 g/mol. The van der Waals surface area contributed by atoms with E-state index >= 15 is 0 Å². The fraction of sp³-hybridized carbons (Fsp3) is 0.550. The predicted molar refractivity (Wildman–Crippen MR) is 100 cm³/mol. The minimum absolute atomic E-state index is 0.246. The van der Waals surface area contributed by atoms with Crippen molar-refractivity contribution >= 4 is 11.3 Å². The summed E-state index contributed by atoms with van der Waals surface area (Å²) in [5, 5.41) is 1.29. The van der Waals surface area contributed by atoms with Gasteiger partial charge in [-0.15, -0.1) is 11.3 Å². The molecule has 1 aromatic carbocycles. The van der Waals surface area contributed by atoms with Gasteiger partial charge in [-0.05, 0) is 43.4 Å². The van der Waals surface area contributed by atoms with Gasteiger partial charge in [-0.25, -0.2) is 4.98 Å². The first kappa shape index (κ1) is 17.0. The van der Waals surface area contributed by atoms with Gasteiger partial charge in [-0.1, -0.05) is 12.1 Å². The van der Waals surface area contributed by atoms with Crippen molar-refractivity contribution in [2.75, 3.05) is 26.8 Å². The number of fused-ring (bicyclic) bond motifs is 1. The smallest absolute Gasteiger partial charge is 0.119 e. The number of hydrogen-bond donors (Lipinski definition) is 0. The minimum Gasteiger partial charge on any atom is -0.497 e. The third-order valence-corrected chi connectivity index (χ3v) is 6.21. The van der Waals surface area contributed by atoms with Crippen molar-refractivity contribution in [3.63, 3.8) is 0 Å². The van der Waals surface area contributed by atoms with Gasteiger partial charge in [0.1, 0.15) is 10.8 Å². The maximum Gasteiger partial charge on any atom is 0.119 e. The number of nitrogens with zero attached hydrogens (tertiary/aromatic N) is 2. The molecule has 5 heteroatoms. The largest absolute Gasteiger partial charge is 0.497 e. The molecule has 1 saturated heterocycles. The van der Waals surface area contributed by atoms with Gasteiger partial charge >= 0.3 is 0 Å². The van der Waals surface area contributed by atoms with E-state index in [0.29, 0.717) is 0 Å². The highest BCUT2D eigenvalue weighted by Crippen LogP contribution is 2.28. The first-order valence-corrected chi connectivity index (χ1v) is 10.1. The molecule has 0 N–H and O–H groups in total. The second-order valence-electron chi connectivity index (χ2n) is 6.97. The molecule has 1 aliphatic carbocycles. The number of aromatic nitrogens is 1. The molecule has 2 heterocycles. The van der Waals surface area contributed by atoms with Crippen molar-refractivity contribution in [1.29, 1.82) is 0 Å². The van der Waals surface area contributed by atoms with Crippen molar-refractivity contribution in [2.45, 2.75) is 44.8 Å². The Kier molecular flexibility index (Phi) is 5.34. The van der Waals surface area contributed by atoms with E-state index in [-0.39, 0.29) is 6.10 Å². The molecule has 0 saturated carbocycles. The Morgan fingerprint density at radius 2 is 2.24 bits per heavy atom. The summed E-state index contributed by atoms with van der Waals surface area (Å²) in [6.45, 7) is 3.75. The number of ether oxygens (including phenoxy) is 2. The second-order valence-corrected chi connectivity index (χ2v) is 8.14. The fourth-order valence-corrected chi connectivity index (χ4v) is 4.97. The van der Waals surface area contributed by atoms with E-state index < -0.39 is 0 Å². The number of aryl methyl sites for hydroxylation is 2. The molecule has 2 aromatic rings. The van der Waals surface area contributed by atoms with E-state index in [2.05, 4.69) is 23.1 Å². The van der Waals surface area contributed by atoms with Crippen LogP contribution in [0, 0.1) is 0 Å². The number of morpholine rings is 1. The zero-order valence-electron chi connectivity index (χ0n) is 14.9. The molecule has 4 nitrogen and oxygen atoms in total. The molecular weight excluding hydrogens is 332 g/mol. The van der Waals surface area contributed by atoms with Gasteiger partial charge in [0.2, 0.25) is 0 Å². The Morgan fingerprint density at radius 3 is 3.12 bits per heavy atom. The number of thiazole rings is 1. The zero-order chi connectivity index (χ0) is 17.1. The highest BCUT2D eigenvalue weighted by molar-refractivity contribution is 7.11. The van der Waals surface area contributed by atoms with Gasteiger partial charge in [-0.2, -0.15) is 0 Å². The summed E-state index contributed by atoms with van der Waals surface area (Å²) in [6, 6.07) is 8.30. The lowest BCUT2D eigenvalue weighted by Crippen LogP contribution is -2.42. The summed E-state index contributed by atoms with van der Waals surface area (Å²) in [4.78, 5) is 8.92. The van der Waals surface area contributed by atoms with Crippen molar-refractivity contribution in [2.24, 2.45) is 0 Å². The van der Waals surface area contributed by atoms with Crippen molar-refractivity contribution < 1.29 is 9.47 Å². The summed E-state index contributed by atoms with van der Waals surface area (Å²) >= 11 is 1.93. The van der Waals surface area contributed by atoms with E-state index in [1.165, 1.54) is 46.8 Å². The van der Waals surface area contributed by atoms with E-state index in [1.54, 1.807) is 7.11 Å². The summed E-state index contributed by atoms with van der Waals surface area (Å²) in [7, 11) is 1.71.